The fourth-order valence-corrected chi connectivity index (χ4v) is 2.42. The summed E-state index contributed by atoms with van der Waals surface area (Å²) in [6.45, 7) is 1.84. The standard InChI is InChI=1S/C18H16N2O3/c1-12(19-20-18(21)17-8-5-11-23-17)13-9-10-16(22-2)15-7-4-3-6-14(13)15/h3-11H,1-2H3,(H,20,21)/b19-12-. The summed E-state index contributed by atoms with van der Waals surface area (Å²) in [6.07, 6.45) is 1.45. The van der Waals surface area contributed by atoms with Crippen molar-refractivity contribution in [2.45, 2.75) is 6.92 Å². The number of carbonyl (C=O) groups excluding carboxylic acids is 1. The zero-order valence-corrected chi connectivity index (χ0v) is 12.9. The van der Waals surface area contributed by atoms with E-state index >= 15 is 0 Å². The summed E-state index contributed by atoms with van der Waals surface area (Å²) in [6, 6.07) is 15.0. The summed E-state index contributed by atoms with van der Waals surface area (Å²) in [5.41, 5.74) is 4.13. The van der Waals surface area contributed by atoms with Crippen molar-refractivity contribution in [2.75, 3.05) is 7.11 Å². The van der Waals surface area contributed by atoms with Gasteiger partial charge in [-0.1, -0.05) is 24.3 Å². The molecule has 0 radical (unpaired) electrons. The van der Waals surface area contributed by atoms with E-state index in [-0.39, 0.29) is 11.7 Å². The van der Waals surface area contributed by atoms with Crippen LogP contribution in [0.2, 0.25) is 0 Å². The van der Waals surface area contributed by atoms with Crippen LogP contribution >= 0.6 is 0 Å². The average molecular weight is 308 g/mol. The largest absolute Gasteiger partial charge is 0.496 e. The van der Waals surface area contributed by atoms with Gasteiger partial charge in [-0.15, -0.1) is 0 Å². The van der Waals surface area contributed by atoms with Crippen LogP contribution in [0, 0.1) is 0 Å². The van der Waals surface area contributed by atoms with Crippen LogP contribution < -0.4 is 10.2 Å². The van der Waals surface area contributed by atoms with E-state index in [0.29, 0.717) is 5.71 Å². The monoisotopic (exact) mass is 308 g/mol. The minimum atomic E-state index is -0.382. The summed E-state index contributed by atoms with van der Waals surface area (Å²) in [4.78, 5) is 11.9. The third-order valence-corrected chi connectivity index (χ3v) is 3.56. The zero-order valence-electron chi connectivity index (χ0n) is 12.9. The molecule has 0 atom stereocenters. The number of nitrogens with one attached hydrogen (secondary N) is 1. The molecule has 1 heterocycles. The van der Waals surface area contributed by atoms with Gasteiger partial charge in [0.15, 0.2) is 5.76 Å². The number of furan rings is 1. The van der Waals surface area contributed by atoms with Gasteiger partial charge in [0.05, 0.1) is 19.1 Å². The Morgan fingerprint density at radius 1 is 1.09 bits per heavy atom. The highest BCUT2D eigenvalue weighted by Gasteiger charge is 2.10. The average Bonchev–Trinajstić information content (AvgIpc) is 3.13. The second-order valence-electron chi connectivity index (χ2n) is 4.98. The van der Waals surface area contributed by atoms with E-state index in [9.17, 15) is 4.79 Å². The Morgan fingerprint density at radius 3 is 2.57 bits per heavy atom. The van der Waals surface area contributed by atoms with Crippen LogP contribution in [-0.2, 0) is 0 Å². The van der Waals surface area contributed by atoms with Gasteiger partial charge in [0, 0.05) is 10.9 Å². The van der Waals surface area contributed by atoms with E-state index in [4.69, 9.17) is 9.15 Å². The molecule has 0 aliphatic rings. The first-order chi connectivity index (χ1) is 11.2. The van der Waals surface area contributed by atoms with Crippen LogP contribution in [0.15, 0.2) is 64.3 Å². The molecule has 23 heavy (non-hydrogen) atoms. The summed E-state index contributed by atoms with van der Waals surface area (Å²) >= 11 is 0. The molecule has 2 aromatic carbocycles. The number of benzene rings is 2. The molecule has 1 aromatic heterocycles. The molecule has 5 heteroatoms. The number of methoxy groups -OCH3 is 1. The van der Waals surface area contributed by atoms with Crippen molar-refractivity contribution >= 4 is 22.4 Å². The smallest absolute Gasteiger partial charge is 0.307 e. The first-order valence-corrected chi connectivity index (χ1v) is 7.15. The molecule has 0 spiro atoms. The molecule has 3 rings (SSSR count). The van der Waals surface area contributed by atoms with Gasteiger partial charge in [-0.05, 0) is 36.6 Å². The summed E-state index contributed by atoms with van der Waals surface area (Å²) in [5, 5.41) is 6.19. The summed E-state index contributed by atoms with van der Waals surface area (Å²) in [5.74, 6) is 0.644. The Bertz CT molecular complexity index is 867. The van der Waals surface area contributed by atoms with Gasteiger partial charge in [0.25, 0.3) is 0 Å². The molecule has 1 N–H and O–H groups in total. The second-order valence-corrected chi connectivity index (χ2v) is 4.98. The quantitative estimate of drug-likeness (QED) is 0.591. The van der Waals surface area contributed by atoms with Crippen LogP contribution in [0.5, 0.6) is 5.75 Å². The molecule has 0 aliphatic heterocycles. The minimum absolute atomic E-state index is 0.223. The van der Waals surface area contributed by atoms with Crippen molar-refractivity contribution in [3.8, 4) is 5.75 Å². The van der Waals surface area contributed by atoms with Gasteiger partial charge in [-0.2, -0.15) is 5.10 Å². The van der Waals surface area contributed by atoms with Gasteiger partial charge >= 0.3 is 5.91 Å². The highest BCUT2D eigenvalue weighted by atomic mass is 16.5. The van der Waals surface area contributed by atoms with E-state index in [1.165, 1.54) is 6.26 Å². The lowest BCUT2D eigenvalue weighted by Crippen LogP contribution is -2.18. The van der Waals surface area contributed by atoms with E-state index in [0.717, 1.165) is 22.1 Å². The third kappa shape index (κ3) is 2.94. The van der Waals surface area contributed by atoms with Gasteiger partial charge < -0.3 is 9.15 Å². The topological polar surface area (TPSA) is 63.8 Å². The molecule has 116 valence electrons. The lowest BCUT2D eigenvalue weighted by molar-refractivity contribution is 0.0927. The molecule has 0 saturated carbocycles. The van der Waals surface area contributed by atoms with E-state index in [1.54, 1.807) is 19.2 Å². The van der Waals surface area contributed by atoms with Crippen molar-refractivity contribution in [3.05, 3.63) is 66.1 Å². The molecule has 0 fully saturated rings. The van der Waals surface area contributed by atoms with Crippen LogP contribution in [0.4, 0.5) is 0 Å². The van der Waals surface area contributed by atoms with Crippen LogP contribution in [0.1, 0.15) is 23.0 Å². The Kier molecular flexibility index (Phi) is 4.10. The molecule has 0 aliphatic carbocycles. The van der Waals surface area contributed by atoms with E-state index < -0.39 is 0 Å². The third-order valence-electron chi connectivity index (χ3n) is 3.56. The van der Waals surface area contributed by atoms with Gasteiger partial charge in [-0.3, -0.25) is 4.79 Å². The summed E-state index contributed by atoms with van der Waals surface area (Å²) < 4.78 is 10.4. The number of hydrazone groups is 1. The maximum atomic E-state index is 11.9. The van der Waals surface area contributed by atoms with Crippen LogP contribution in [0.25, 0.3) is 10.8 Å². The lowest BCUT2D eigenvalue weighted by Gasteiger charge is -2.10. The number of fused-ring (bicyclic) bond motifs is 1. The Labute approximate surface area is 133 Å². The van der Waals surface area contributed by atoms with Crippen molar-refractivity contribution < 1.29 is 13.9 Å². The molecule has 0 saturated heterocycles. The number of amides is 1. The fourth-order valence-electron chi connectivity index (χ4n) is 2.42. The molecule has 5 nitrogen and oxygen atoms in total. The highest BCUT2D eigenvalue weighted by molar-refractivity contribution is 6.11. The maximum absolute atomic E-state index is 11.9. The van der Waals surface area contributed by atoms with E-state index in [2.05, 4.69) is 10.5 Å². The van der Waals surface area contributed by atoms with Crippen molar-refractivity contribution in [1.29, 1.82) is 0 Å². The van der Waals surface area contributed by atoms with Crippen molar-refractivity contribution in [3.63, 3.8) is 0 Å². The fraction of sp³-hybridized carbons (Fsp3) is 0.111. The molecule has 1 amide bonds. The SMILES string of the molecule is COc1ccc(/C(C)=N\NC(=O)c2ccco2)c2ccccc12. The first kappa shape index (κ1) is 14.8. The number of carbonyl (C=O) groups is 1. The Balaban J connectivity index is 1.93. The lowest BCUT2D eigenvalue weighted by atomic mass is 10.0. The van der Waals surface area contributed by atoms with Crippen LogP contribution in [-0.4, -0.2) is 18.7 Å². The number of nitrogens with zero attached hydrogens (tertiary/aromatic N) is 1. The number of hydrogen-bond acceptors (Lipinski definition) is 4. The molecule has 0 bridgehead atoms. The van der Waals surface area contributed by atoms with Crippen molar-refractivity contribution in [2.24, 2.45) is 5.10 Å². The molecular formula is C18H16N2O3. The van der Waals surface area contributed by atoms with Gasteiger partial charge in [0.2, 0.25) is 0 Å². The molecule has 3 aromatic rings. The molecule has 0 unspecified atom stereocenters. The van der Waals surface area contributed by atoms with Gasteiger partial charge in [0.1, 0.15) is 5.75 Å². The Morgan fingerprint density at radius 2 is 1.87 bits per heavy atom. The highest BCUT2D eigenvalue weighted by Crippen LogP contribution is 2.28. The minimum Gasteiger partial charge on any atom is -0.496 e. The normalized spacial score (nSPS) is 11.5. The predicted octanol–water partition coefficient (Wildman–Crippen LogP) is 3.60. The second kappa shape index (κ2) is 6.36. The molecular weight excluding hydrogens is 292 g/mol. The van der Waals surface area contributed by atoms with Crippen molar-refractivity contribution in [1.82, 2.24) is 5.43 Å². The Hall–Kier alpha value is -3.08. The van der Waals surface area contributed by atoms with Gasteiger partial charge in [-0.25, -0.2) is 5.43 Å². The number of hydrogen-bond donors (Lipinski definition) is 1. The first-order valence-electron chi connectivity index (χ1n) is 7.15. The number of rotatable bonds is 4. The van der Waals surface area contributed by atoms with Crippen LogP contribution in [0.3, 0.4) is 0 Å². The maximum Gasteiger partial charge on any atom is 0.307 e. The zero-order chi connectivity index (χ0) is 16.2. The summed E-state index contributed by atoms with van der Waals surface area (Å²) in [7, 11) is 1.64. The van der Waals surface area contributed by atoms with E-state index in [1.807, 2.05) is 43.3 Å². The predicted molar refractivity (Wildman–Crippen MR) is 88.9 cm³/mol. The number of ether oxygens (including phenoxy) is 1.